The van der Waals surface area contributed by atoms with E-state index in [4.69, 9.17) is 15.2 Å². The van der Waals surface area contributed by atoms with Gasteiger partial charge in [0.15, 0.2) is 0 Å². The minimum atomic E-state index is -0.900. The number of likely N-dealkylation sites (N-methyl/N-ethyl adjacent to an activating group) is 2. The van der Waals surface area contributed by atoms with Crippen molar-refractivity contribution in [3.63, 3.8) is 0 Å². The molecule has 1 aromatic rings. The van der Waals surface area contributed by atoms with Crippen molar-refractivity contribution >= 4 is 29.5 Å². The van der Waals surface area contributed by atoms with Gasteiger partial charge in [-0.1, -0.05) is 85.2 Å². The predicted octanol–water partition coefficient (Wildman–Crippen LogP) is 2.50. The van der Waals surface area contributed by atoms with Crippen LogP contribution in [-0.4, -0.2) is 117 Å². The third kappa shape index (κ3) is 11.8. The van der Waals surface area contributed by atoms with Crippen LogP contribution in [0.5, 0.6) is 0 Å². The van der Waals surface area contributed by atoms with Crippen LogP contribution < -0.4 is 21.7 Å². The van der Waals surface area contributed by atoms with E-state index < -0.39 is 48.1 Å². The number of amides is 5. The molecule has 294 valence electrons. The standard InChI is InChI=1S/C39H66N6O7/c1-12-25(6)34(44(9)33(24(4)5)39(50)43-38(49)32(41-8)23(2)3)30(51-10)22-31(46)45-20-16-19-29(45)35(52-11)26(7)37(48)42-28(36(40)47)21-27-17-14-13-15-18-27/h13-15,17-18,23-26,28-30,32-35,41H,12,16,19-22H2,1-11H3,(H2,40,47)(H,42,48)(H,43,49,50)/t25-,26+,28-,29-,30+,32-,33-,34-,35+/m0/s1. The van der Waals surface area contributed by atoms with E-state index in [1.54, 1.807) is 26.0 Å². The number of carbonyl (C=O) groups is 5. The maximum Gasteiger partial charge on any atom is 0.244 e. The number of ether oxygens (including phenoxy) is 2. The SMILES string of the molecule is CC[C@H](C)[C@@H]([C@@H](CC(=O)N1CCC[C@H]1[C@H](OC)[C@@H](C)C(=O)N[C@@H](Cc1ccccc1)C(N)=O)OC)N(C)[C@H](C(=O)NC(=O)[C@@H](NC)C(C)C)C(C)C. The van der Waals surface area contributed by atoms with Gasteiger partial charge in [-0.2, -0.15) is 0 Å². The largest absolute Gasteiger partial charge is 0.379 e. The van der Waals surface area contributed by atoms with Crippen LogP contribution in [0, 0.1) is 23.7 Å². The summed E-state index contributed by atoms with van der Waals surface area (Å²) < 4.78 is 11.9. The molecule has 1 fully saturated rings. The van der Waals surface area contributed by atoms with E-state index in [0.29, 0.717) is 13.0 Å². The van der Waals surface area contributed by atoms with Gasteiger partial charge in [-0.25, -0.2) is 0 Å². The minimum absolute atomic E-state index is 0.0130. The summed E-state index contributed by atoms with van der Waals surface area (Å²) in [7, 11) is 6.66. The molecule has 5 N–H and O–H groups in total. The lowest BCUT2D eigenvalue weighted by Crippen LogP contribution is -2.60. The highest BCUT2D eigenvalue weighted by molar-refractivity contribution is 6.00. The Bertz CT molecular complexity index is 1310. The Balaban J connectivity index is 2.27. The number of methoxy groups -OCH3 is 2. The molecule has 5 amide bonds. The highest BCUT2D eigenvalue weighted by Gasteiger charge is 2.43. The number of benzene rings is 1. The summed E-state index contributed by atoms with van der Waals surface area (Å²) in [6, 6.07) is 6.53. The van der Waals surface area contributed by atoms with Crippen molar-refractivity contribution in [1.82, 2.24) is 25.8 Å². The summed E-state index contributed by atoms with van der Waals surface area (Å²) in [6.07, 6.45) is 1.25. The Morgan fingerprint density at radius 1 is 0.942 bits per heavy atom. The molecule has 0 radical (unpaired) electrons. The summed E-state index contributed by atoms with van der Waals surface area (Å²) in [4.78, 5) is 70.5. The molecule has 1 heterocycles. The molecule has 13 nitrogen and oxygen atoms in total. The first-order chi connectivity index (χ1) is 24.5. The number of nitrogens with one attached hydrogen (secondary N) is 3. The average Bonchev–Trinajstić information content (AvgIpc) is 3.57. The molecule has 2 rings (SSSR count). The first-order valence-corrected chi connectivity index (χ1v) is 18.8. The van der Waals surface area contributed by atoms with E-state index in [1.807, 2.05) is 70.0 Å². The van der Waals surface area contributed by atoms with Gasteiger partial charge in [0.1, 0.15) is 6.04 Å². The van der Waals surface area contributed by atoms with Crippen LogP contribution in [0.15, 0.2) is 30.3 Å². The lowest BCUT2D eigenvalue weighted by Gasteiger charge is -2.43. The van der Waals surface area contributed by atoms with Gasteiger partial charge in [-0.15, -0.1) is 0 Å². The average molecular weight is 731 g/mol. The Kier molecular flexibility index (Phi) is 18.4. The molecule has 9 atom stereocenters. The Morgan fingerprint density at radius 2 is 1.58 bits per heavy atom. The highest BCUT2D eigenvalue weighted by atomic mass is 16.5. The molecule has 1 aliphatic heterocycles. The van der Waals surface area contributed by atoms with Gasteiger partial charge in [-0.05, 0) is 50.3 Å². The van der Waals surface area contributed by atoms with Gasteiger partial charge in [0.2, 0.25) is 29.5 Å². The van der Waals surface area contributed by atoms with Crippen LogP contribution >= 0.6 is 0 Å². The molecular formula is C39H66N6O7. The Labute approximate surface area is 311 Å². The fourth-order valence-electron chi connectivity index (χ4n) is 7.75. The van der Waals surface area contributed by atoms with Gasteiger partial charge in [0.05, 0.1) is 42.7 Å². The van der Waals surface area contributed by atoms with Crippen LogP contribution in [-0.2, 0) is 39.9 Å². The number of likely N-dealkylation sites (tertiary alicyclic amines) is 1. The monoisotopic (exact) mass is 730 g/mol. The maximum absolute atomic E-state index is 14.2. The third-order valence-corrected chi connectivity index (χ3v) is 10.7. The number of primary amides is 1. The van der Waals surface area contributed by atoms with Gasteiger partial charge in [-0.3, -0.25) is 34.2 Å². The number of nitrogens with zero attached hydrogens (tertiary/aromatic N) is 2. The van der Waals surface area contributed by atoms with E-state index in [1.165, 1.54) is 7.11 Å². The summed E-state index contributed by atoms with van der Waals surface area (Å²) >= 11 is 0. The molecule has 13 heteroatoms. The van der Waals surface area contributed by atoms with E-state index >= 15 is 0 Å². The number of carbonyl (C=O) groups excluding carboxylic acids is 5. The zero-order valence-corrected chi connectivity index (χ0v) is 33.3. The second kappa shape index (κ2) is 21.3. The van der Waals surface area contributed by atoms with Crippen LogP contribution in [0.3, 0.4) is 0 Å². The quantitative estimate of drug-likeness (QED) is 0.148. The summed E-state index contributed by atoms with van der Waals surface area (Å²) in [5, 5.41) is 8.43. The van der Waals surface area contributed by atoms with Gasteiger partial charge >= 0.3 is 0 Å². The fraction of sp³-hybridized carbons (Fsp3) is 0.718. The van der Waals surface area contributed by atoms with E-state index in [0.717, 1.165) is 18.4 Å². The first-order valence-electron chi connectivity index (χ1n) is 18.8. The van der Waals surface area contributed by atoms with Crippen molar-refractivity contribution in [2.45, 2.75) is 123 Å². The van der Waals surface area contributed by atoms with Crippen LogP contribution in [0.4, 0.5) is 0 Å². The highest BCUT2D eigenvalue weighted by Crippen LogP contribution is 2.30. The minimum Gasteiger partial charge on any atom is -0.379 e. The zero-order valence-electron chi connectivity index (χ0n) is 33.3. The maximum atomic E-state index is 14.2. The first kappa shape index (κ1) is 44.8. The molecule has 0 aliphatic carbocycles. The second-order valence-electron chi connectivity index (χ2n) is 15.0. The number of hydrogen-bond acceptors (Lipinski definition) is 9. The van der Waals surface area contributed by atoms with Crippen LogP contribution in [0.2, 0.25) is 0 Å². The number of hydrogen-bond donors (Lipinski definition) is 4. The second-order valence-corrected chi connectivity index (χ2v) is 15.0. The van der Waals surface area contributed by atoms with E-state index in [2.05, 4.69) is 29.8 Å². The molecule has 0 bridgehead atoms. The number of rotatable bonds is 21. The predicted molar refractivity (Wildman–Crippen MR) is 202 cm³/mol. The van der Waals surface area contributed by atoms with Crippen molar-refractivity contribution in [2.24, 2.45) is 29.4 Å². The van der Waals surface area contributed by atoms with Crippen molar-refractivity contribution in [2.75, 3.05) is 34.9 Å². The molecule has 0 unspecified atom stereocenters. The van der Waals surface area contributed by atoms with Gasteiger partial charge in [0.25, 0.3) is 0 Å². The summed E-state index contributed by atoms with van der Waals surface area (Å²) in [5.41, 5.74) is 6.54. The third-order valence-electron chi connectivity index (χ3n) is 10.7. The molecule has 1 aliphatic rings. The number of imide groups is 1. The Morgan fingerprint density at radius 3 is 2.08 bits per heavy atom. The molecule has 1 aromatic carbocycles. The molecule has 0 saturated carbocycles. The van der Waals surface area contributed by atoms with Crippen molar-refractivity contribution in [3.8, 4) is 0 Å². The summed E-state index contributed by atoms with van der Waals surface area (Å²) in [6.45, 7) is 14.1. The number of nitrogens with two attached hydrogens (primary N) is 1. The van der Waals surface area contributed by atoms with Crippen molar-refractivity contribution < 1.29 is 33.4 Å². The van der Waals surface area contributed by atoms with Crippen LogP contribution in [0.1, 0.15) is 79.7 Å². The topological polar surface area (TPSA) is 172 Å². The van der Waals surface area contributed by atoms with E-state index in [9.17, 15) is 24.0 Å². The molecular weight excluding hydrogens is 664 g/mol. The fourth-order valence-corrected chi connectivity index (χ4v) is 7.75. The van der Waals surface area contributed by atoms with Crippen LogP contribution in [0.25, 0.3) is 0 Å². The lowest BCUT2D eigenvalue weighted by molar-refractivity contribution is -0.144. The molecule has 52 heavy (non-hydrogen) atoms. The van der Waals surface area contributed by atoms with Gasteiger partial charge in [0, 0.05) is 33.2 Å². The normalized spacial score (nSPS) is 19.4. The smallest absolute Gasteiger partial charge is 0.244 e. The molecule has 1 saturated heterocycles. The molecule has 0 spiro atoms. The van der Waals surface area contributed by atoms with Crippen molar-refractivity contribution in [3.05, 3.63) is 35.9 Å². The lowest BCUT2D eigenvalue weighted by atomic mass is 9.87. The van der Waals surface area contributed by atoms with Gasteiger partial charge < -0.3 is 30.7 Å². The molecule has 0 aromatic heterocycles. The Hall–Kier alpha value is -3.39. The summed E-state index contributed by atoms with van der Waals surface area (Å²) in [5.74, 6) is -2.75. The zero-order chi connectivity index (χ0) is 39.3. The van der Waals surface area contributed by atoms with E-state index in [-0.39, 0.29) is 60.4 Å². The van der Waals surface area contributed by atoms with Crippen molar-refractivity contribution in [1.29, 1.82) is 0 Å².